The Labute approximate surface area is 251 Å². The molecule has 2 amide bonds. The van der Waals surface area contributed by atoms with E-state index in [1.54, 1.807) is 31.7 Å². The van der Waals surface area contributed by atoms with Gasteiger partial charge < -0.3 is 20.1 Å². The van der Waals surface area contributed by atoms with Crippen LogP contribution in [0.2, 0.25) is 0 Å². The highest BCUT2D eigenvalue weighted by atomic mass is 32.1. The smallest absolute Gasteiger partial charge is 0.422 e. The number of amides is 2. The van der Waals surface area contributed by atoms with Crippen molar-refractivity contribution in [1.29, 1.82) is 0 Å². The predicted octanol–water partition coefficient (Wildman–Crippen LogP) is 7.74. The molecule has 2 aromatic rings. The summed E-state index contributed by atoms with van der Waals surface area (Å²) in [5.74, 6) is -0.147. The number of alkyl halides is 3. The number of para-hydroxylation sites is 2. The summed E-state index contributed by atoms with van der Waals surface area (Å²) in [7, 11) is 0. The number of urea groups is 1. The number of nitrogens with zero attached hydrogens (tertiary/aromatic N) is 2. The number of aromatic nitrogens is 1. The summed E-state index contributed by atoms with van der Waals surface area (Å²) < 4.78 is 45.2. The van der Waals surface area contributed by atoms with Gasteiger partial charge in [-0.1, -0.05) is 50.4 Å². The average Bonchev–Trinajstić information content (AvgIpc) is 2.90. The molecule has 1 aromatic carbocycles. The summed E-state index contributed by atoms with van der Waals surface area (Å²) in [5.41, 5.74) is 3.39. The standard InChI is InChI=1S/C21H29N3O3S.C9H10F3NO/c1-5-7-11-18(10-6-2)24(14-15-27-17(4)25)21(26)23-20-13-9-8-12-19(20)22-16(3)28;1-6-7(2)13-4-3-8(6)14-5-9(10,11)12/h7-13H,5-6,14-15H2,1-4H3,(H,22,28)(H,23,26);3-4H,5H2,1-2H3/b11-7-,18-10+;. The minimum Gasteiger partial charge on any atom is -0.484 e. The average molecular weight is 609 g/mol. The van der Waals surface area contributed by atoms with Crippen LogP contribution >= 0.6 is 12.2 Å². The first-order valence-corrected chi connectivity index (χ1v) is 13.8. The largest absolute Gasteiger partial charge is 0.484 e. The van der Waals surface area contributed by atoms with Crippen LogP contribution < -0.4 is 15.4 Å². The number of anilines is 2. The summed E-state index contributed by atoms with van der Waals surface area (Å²) in [6.45, 7) is 9.63. The maximum Gasteiger partial charge on any atom is 0.422 e. The fraction of sp³-hybridized carbons (Fsp3) is 0.400. The lowest BCUT2D eigenvalue weighted by Crippen LogP contribution is -2.37. The minimum absolute atomic E-state index is 0.114. The Balaban J connectivity index is 0.000000525. The van der Waals surface area contributed by atoms with E-state index in [-0.39, 0.29) is 30.9 Å². The number of ether oxygens (including phenoxy) is 2. The Hall–Kier alpha value is -3.93. The number of esters is 1. The van der Waals surface area contributed by atoms with Gasteiger partial charge in [0.1, 0.15) is 12.4 Å². The van der Waals surface area contributed by atoms with Crippen molar-refractivity contribution in [2.24, 2.45) is 0 Å². The first kappa shape index (κ1) is 36.1. The molecule has 0 unspecified atom stereocenters. The molecule has 0 aliphatic heterocycles. The van der Waals surface area contributed by atoms with E-state index >= 15 is 0 Å². The second-order valence-electron chi connectivity index (χ2n) is 8.92. The molecule has 0 atom stereocenters. The molecule has 0 spiro atoms. The first-order chi connectivity index (χ1) is 19.8. The number of pyridine rings is 1. The number of nitrogens with one attached hydrogen (secondary N) is 2. The van der Waals surface area contributed by atoms with Crippen molar-refractivity contribution in [1.82, 2.24) is 9.88 Å². The molecule has 230 valence electrons. The Morgan fingerprint density at radius 3 is 2.24 bits per heavy atom. The van der Waals surface area contributed by atoms with Gasteiger partial charge in [-0.25, -0.2) is 4.79 Å². The number of hydrogen-bond acceptors (Lipinski definition) is 6. The Kier molecular flexibility index (Phi) is 15.9. The Morgan fingerprint density at radius 2 is 1.69 bits per heavy atom. The number of thiocarbonyl (C=S) groups is 1. The number of aryl methyl sites for hydroxylation is 1. The van der Waals surface area contributed by atoms with Crippen LogP contribution in [0.5, 0.6) is 5.75 Å². The number of allylic oxidation sites excluding steroid dienone is 3. The topological polar surface area (TPSA) is 92.8 Å². The summed E-state index contributed by atoms with van der Waals surface area (Å²) in [5, 5.41) is 5.98. The molecule has 0 radical (unpaired) electrons. The van der Waals surface area contributed by atoms with Gasteiger partial charge in [-0.3, -0.25) is 14.7 Å². The predicted molar refractivity (Wildman–Crippen MR) is 164 cm³/mol. The van der Waals surface area contributed by atoms with Crippen LogP contribution in [0, 0.1) is 13.8 Å². The summed E-state index contributed by atoms with van der Waals surface area (Å²) in [6, 6.07) is 8.45. The lowest BCUT2D eigenvalue weighted by atomic mass is 10.2. The highest BCUT2D eigenvalue weighted by Gasteiger charge is 2.28. The van der Waals surface area contributed by atoms with E-state index in [4.69, 9.17) is 17.0 Å². The molecule has 0 aliphatic carbocycles. The van der Waals surface area contributed by atoms with Crippen LogP contribution in [0.25, 0.3) is 0 Å². The molecule has 2 N–H and O–H groups in total. The maximum atomic E-state index is 13.0. The highest BCUT2D eigenvalue weighted by molar-refractivity contribution is 7.80. The second kappa shape index (κ2) is 18.5. The van der Waals surface area contributed by atoms with Crippen molar-refractivity contribution < 1.29 is 32.2 Å². The van der Waals surface area contributed by atoms with Gasteiger partial charge in [-0.05, 0) is 57.9 Å². The molecule has 1 heterocycles. The molecule has 1 aromatic heterocycles. The van der Waals surface area contributed by atoms with E-state index in [1.807, 2.05) is 50.3 Å². The van der Waals surface area contributed by atoms with E-state index in [9.17, 15) is 22.8 Å². The zero-order valence-corrected chi connectivity index (χ0v) is 25.6. The van der Waals surface area contributed by atoms with Crippen LogP contribution in [-0.2, 0) is 9.53 Å². The molecule has 0 saturated carbocycles. The van der Waals surface area contributed by atoms with Crippen molar-refractivity contribution in [3.8, 4) is 5.75 Å². The fourth-order valence-electron chi connectivity index (χ4n) is 3.35. The van der Waals surface area contributed by atoms with Gasteiger partial charge in [0.25, 0.3) is 0 Å². The van der Waals surface area contributed by atoms with E-state index in [0.29, 0.717) is 27.6 Å². The second-order valence-corrected chi connectivity index (χ2v) is 9.53. The molecule has 0 saturated heterocycles. The number of benzene rings is 1. The molecule has 12 heteroatoms. The van der Waals surface area contributed by atoms with Gasteiger partial charge in [-0.15, -0.1) is 0 Å². The molecule has 0 bridgehead atoms. The van der Waals surface area contributed by atoms with Crippen LogP contribution in [0.3, 0.4) is 0 Å². The molecular weight excluding hydrogens is 569 g/mol. The molecule has 0 fully saturated rings. The van der Waals surface area contributed by atoms with E-state index in [2.05, 4.69) is 20.4 Å². The van der Waals surface area contributed by atoms with Gasteiger partial charge in [-0.2, -0.15) is 13.2 Å². The normalized spacial score (nSPS) is 11.3. The third-order valence-electron chi connectivity index (χ3n) is 5.39. The third kappa shape index (κ3) is 14.1. The highest BCUT2D eigenvalue weighted by Crippen LogP contribution is 2.23. The molecule has 0 aliphatic rings. The number of carbonyl (C=O) groups excluding carboxylic acids is 2. The van der Waals surface area contributed by atoms with Gasteiger partial charge in [0.2, 0.25) is 0 Å². The van der Waals surface area contributed by atoms with Crippen LogP contribution in [0.1, 0.15) is 51.8 Å². The number of hydrogen-bond donors (Lipinski definition) is 2. The first-order valence-electron chi connectivity index (χ1n) is 13.4. The lowest BCUT2D eigenvalue weighted by molar-refractivity contribution is -0.153. The Morgan fingerprint density at radius 1 is 1.05 bits per heavy atom. The van der Waals surface area contributed by atoms with Crippen molar-refractivity contribution in [2.45, 2.75) is 60.6 Å². The number of halogens is 3. The van der Waals surface area contributed by atoms with Gasteiger partial charge >= 0.3 is 18.2 Å². The summed E-state index contributed by atoms with van der Waals surface area (Å²) in [4.78, 5) is 30.2. The molecular formula is C30H39F3N4O4S. The SMILES string of the molecule is CC/C=C\C(=C/CC)N(CCOC(C)=O)C(=O)Nc1ccccc1NC(C)=S.Cc1nccc(OCC(F)(F)F)c1C. The van der Waals surface area contributed by atoms with Gasteiger partial charge in [0.05, 0.1) is 22.9 Å². The molecule has 42 heavy (non-hydrogen) atoms. The quantitative estimate of drug-likeness (QED) is 0.153. The Bertz CT molecular complexity index is 1250. The monoisotopic (exact) mass is 608 g/mol. The number of rotatable bonds is 11. The maximum absolute atomic E-state index is 13.0. The van der Waals surface area contributed by atoms with Gasteiger partial charge in [0, 0.05) is 30.1 Å². The van der Waals surface area contributed by atoms with Crippen molar-refractivity contribution >= 4 is 40.6 Å². The van der Waals surface area contributed by atoms with Crippen LogP contribution in [0.15, 0.2) is 60.5 Å². The number of carbonyl (C=O) groups is 2. The molecule has 8 nitrogen and oxygen atoms in total. The van der Waals surface area contributed by atoms with Crippen molar-refractivity contribution in [2.75, 3.05) is 30.4 Å². The molecule has 2 rings (SSSR count). The van der Waals surface area contributed by atoms with Crippen LogP contribution in [-0.4, -0.2) is 52.8 Å². The van der Waals surface area contributed by atoms with Crippen LogP contribution in [0.4, 0.5) is 29.3 Å². The zero-order chi connectivity index (χ0) is 31.7. The zero-order valence-electron chi connectivity index (χ0n) is 24.8. The van der Waals surface area contributed by atoms with E-state index in [1.165, 1.54) is 19.2 Å². The van der Waals surface area contributed by atoms with E-state index < -0.39 is 12.8 Å². The van der Waals surface area contributed by atoms with Crippen molar-refractivity contribution in [3.63, 3.8) is 0 Å². The minimum atomic E-state index is -4.30. The van der Waals surface area contributed by atoms with Crippen molar-refractivity contribution in [3.05, 3.63) is 71.7 Å². The summed E-state index contributed by atoms with van der Waals surface area (Å²) in [6.07, 6.45) is 4.59. The fourth-order valence-corrected chi connectivity index (χ4v) is 3.46. The van der Waals surface area contributed by atoms with Gasteiger partial charge in [0.15, 0.2) is 6.61 Å². The third-order valence-corrected chi connectivity index (χ3v) is 5.49. The summed E-state index contributed by atoms with van der Waals surface area (Å²) >= 11 is 5.11. The van der Waals surface area contributed by atoms with E-state index in [0.717, 1.165) is 18.5 Å². The lowest BCUT2D eigenvalue weighted by Gasteiger charge is -2.25.